The van der Waals surface area contributed by atoms with E-state index < -0.39 is 23.1 Å². The summed E-state index contributed by atoms with van der Waals surface area (Å²) < 4.78 is 25.9. The van der Waals surface area contributed by atoms with E-state index in [0.29, 0.717) is 17.7 Å². The fourth-order valence-electron chi connectivity index (χ4n) is 2.37. The van der Waals surface area contributed by atoms with E-state index in [-0.39, 0.29) is 5.25 Å². The third kappa shape index (κ3) is 2.90. The van der Waals surface area contributed by atoms with E-state index in [1.807, 2.05) is 0 Å². The van der Waals surface area contributed by atoms with Crippen molar-refractivity contribution in [2.45, 2.75) is 34.9 Å². The van der Waals surface area contributed by atoms with Crippen molar-refractivity contribution in [2.24, 2.45) is 0 Å². The van der Waals surface area contributed by atoms with Crippen LogP contribution in [0.25, 0.3) is 0 Å². The largest absolute Gasteiger partial charge is 0.480 e. The zero-order valence-corrected chi connectivity index (χ0v) is 11.3. The second-order valence-corrected chi connectivity index (χ2v) is 6.07. The molecule has 19 heavy (non-hydrogen) atoms. The third-order valence-corrected chi connectivity index (χ3v) is 4.81. The zero-order chi connectivity index (χ0) is 14.0. The number of nitrogens with one attached hydrogen (secondary N) is 1. The van der Waals surface area contributed by atoms with Gasteiger partial charge in [0.15, 0.2) is 11.6 Å². The molecule has 3 nitrogen and oxygen atoms in total. The molecule has 0 bridgehead atoms. The summed E-state index contributed by atoms with van der Waals surface area (Å²) in [6, 6.07) is 3.76. The number of halogens is 2. The molecule has 0 aromatic heterocycles. The molecular weight excluding hydrogens is 272 g/mol. The standard InChI is InChI=1S/C13H15F2NO2S/c1-16-13(12(17)18)5-4-9(7-13)19-8-2-3-10(14)11(15)6-8/h2-3,6,9,16H,4-5,7H2,1H3,(H,17,18). The second-order valence-electron chi connectivity index (χ2n) is 4.70. The summed E-state index contributed by atoms with van der Waals surface area (Å²) in [6.07, 6.45) is 1.75. The Labute approximate surface area is 114 Å². The Morgan fingerprint density at radius 3 is 2.74 bits per heavy atom. The molecule has 0 heterocycles. The topological polar surface area (TPSA) is 49.3 Å². The van der Waals surface area contributed by atoms with Crippen molar-refractivity contribution in [1.82, 2.24) is 5.32 Å². The Morgan fingerprint density at radius 1 is 1.47 bits per heavy atom. The predicted molar refractivity (Wildman–Crippen MR) is 69.3 cm³/mol. The Hall–Kier alpha value is -1.14. The van der Waals surface area contributed by atoms with Gasteiger partial charge in [-0.1, -0.05) is 0 Å². The number of carbonyl (C=O) groups is 1. The number of rotatable bonds is 4. The van der Waals surface area contributed by atoms with Gasteiger partial charge in [0.25, 0.3) is 0 Å². The molecule has 1 aliphatic rings. The van der Waals surface area contributed by atoms with Gasteiger partial charge in [-0.25, -0.2) is 8.78 Å². The summed E-state index contributed by atoms with van der Waals surface area (Å²) in [5.74, 6) is -2.60. The van der Waals surface area contributed by atoms with Crippen molar-refractivity contribution >= 4 is 17.7 Å². The molecule has 0 saturated heterocycles. The Bertz CT molecular complexity index is 498. The van der Waals surface area contributed by atoms with Crippen LogP contribution in [0.3, 0.4) is 0 Å². The highest BCUT2D eigenvalue weighted by atomic mass is 32.2. The summed E-state index contributed by atoms with van der Waals surface area (Å²) in [4.78, 5) is 11.9. The van der Waals surface area contributed by atoms with Gasteiger partial charge in [-0.2, -0.15) is 0 Å². The van der Waals surface area contributed by atoms with Crippen molar-refractivity contribution in [3.8, 4) is 0 Å². The smallest absolute Gasteiger partial charge is 0.323 e. The van der Waals surface area contributed by atoms with Crippen LogP contribution in [0.5, 0.6) is 0 Å². The first-order chi connectivity index (χ1) is 8.97. The lowest BCUT2D eigenvalue weighted by Crippen LogP contribution is -2.48. The molecule has 2 N–H and O–H groups in total. The van der Waals surface area contributed by atoms with Gasteiger partial charge in [0.2, 0.25) is 0 Å². The molecule has 0 amide bonds. The van der Waals surface area contributed by atoms with Crippen LogP contribution in [-0.4, -0.2) is 28.9 Å². The number of carboxylic acids is 1. The molecule has 0 aliphatic heterocycles. The molecular formula is C13H15F2NO2S. The molecule has 1 fully saturated rings. The molecule has 6 heteroatoms. The van der Waals surface area contributed by atoms with Gasteiger partial charge < -0.3 is 10.4 Å². The summed E-state index contributed by atoms with van der Waals surface area (Å²) >= 11 is 1.40. The van der Waals surface area contributed by atoms with Crippen molar-refractivity contribution in [3.05, 3.63) is 29.8 Å². The maximum absolute atomic E-state index is 13.1. The SMILES string of the molecule is CNC1(C(=O)O)CCC(Sc2ccc(F)c(F)c2)C1. The minimum absolute atomic E-state index is 0.0911. The average Bonchev–Trinajstić information content (AvgIpc) is 2.79. The van der Waals surface area contributed by atoms with Gasteiger partial charge >= 0.3 is 5.97 Å². The van der Waals surface area contributed by atoms with Gasteiger partial charge in [0.05, 0.1) is 0 Å². The highest BCUT2D eigenvalue weighted by Gasteiger charge is 2.44. The van der Waals surface area contributed by atoms with E-state index in [0.717, 1.165) is 18.6 Å². The maximum atomic E-state index is 13.1. The molecule has 2 unspecified atom stereocenters. The molecule has 1 aromatic rings. The van der Waals surface area contributed by atoms with Crippen LogP contribution >= 0.6 is 11.8 Å². The van der Waals surface area contributed by atoms with Crippen molar-refractivity contribution in [1.29, 1.82) is 0 Å². The van der Waals surface area contributed by atoms with Gasteiger partial charge in [-0.05, 0) is 44.5 Å². The van der Waals surface area contributed by atoms with Crippen LogP contribution in [0.1, 0.15) is 19.3 Å². The number of hydrogen-bond donors (Lipinski definition) is 2. The summed E-state index contributed by atoms with van der Waals surface area (Å²) in [6.45, 7) is 0. The van der Waals surface area contributed by atoms with E-state index in [2.05, 4.69) is 5.32 Å². The zero-order valence-electron chi connectivity index (χ0n) is 10.5. The first-order valence-corrected chi connectivity index (χ1v) is 6.89. The number of likely N-dealkylation sites (N-methyl/N-ethyl adjacent to an activating group) is 1. The number of carboxylic acid groups (broad SMARTS) is 1. The van der Waals surface area contributed by atoms with Gasteiger partial charge in [-0.15, -0.1) is 11.8 Å². The van der Waals surface area contributed by atoms with E-state index >= 15 is 0 Å². The minimum atomic E-state index is -0.893. The first-order valence-electron chi connectivity index (χ1n) is 6.01. The fourth-order valence-corrected chi connectivity index (χ4v) is 3.68. The van der Waals surface area contributed by atoms with Gasteiger partial charge in [-0.3, -0.25) is 4.79 Å². The summed E-state index contributed by atoms with van der Waals surface area (Å²) in [5.41, 5.74) is -0.893. The predicted octanol–water partition coefficient (Wildman–Crippen LogP) is 2.65. The van der Waals surface area contributed by atoms with E-state index in [1.165, 1.54) is 17.8 Å². The van der Waals surface area contributed by atoms with Crippen LogP contribution < -0.4 is 5.32 Å². The molecule has 0 spiro atoms. The Kier molecular flexibility index (Phi) is 4.10. The first kappa shape index (κ1) is 14.3. The van der Waals surface area contributed by atoms with Gasteiger partial charge in [0, 0.05) is 10.1 Å². The number of aliphatic carboxylic acids is 1. The Morgan fingerprint density at radius 2 is 2.21 bits per heavy atom. The van der Waals surface area contributed by atoms with Gasteiger partial charge in [0.1, 0.15) is 5.54 Å². The molecule has 2 atom stereocenters. The van der Waals surface area contributed by atoms with Crippen LogP contribution in [0.15, 0.2) is 23.1 Å². The fraction of sp³-hybridized carbons (Fsp3) is 0.462. The normalized spacial score (nSPS) is 26.6. The van der Waals surface area contributed by atoms with Crippen LogP contribution in [-0.2, 0) is 4.79 Å². The average molecular weight is 287 g/mol. The van der Waals surface area contributed by atoms with E-state index in [9.17, 15) is 18.7 Å². The second kappa shape index (κ2) is 5.46. The van der Waals surface area contributed by atoms with Crippen LogP contribution in [0.4, 0.5) is 8.78 Å². The van der Waals surface area contributed by atoms with Crippen LogP contribution in [0.2, 0.25) is 0 Å². The third-order valence-electron chi connectivity index (χ3n) is 3.55. The van der Waals surface area contributed by atoms with Crippen molar-refractivity contribution in [3.63, 3.8) is 0 Å². The molecule has 2 rings (SSSR count). The number of benzene rings is 1. The van der Waals surface area contributed by atoms with Crippen LogP contribution in [0, 0.1) is 11.6 Å². The van der Waals surface area contributed by atoms with E-state index in [4.69, 9.17) is 0 Å². The molecule has 104 valence electrons. The van der Waals surface area contributed by atoms with Crippen molar-refractivity contribution in [2.75, 3.05) is 7.05 Å². The number of hydrogen-bond acceptors (Lipinski definition) is 3. The lowest BCUT2D eigenvalue weighted by Gasteiger charge is -2.23. The highest BCUT2D eigenvalue weighted by molar-refractivity contribution is 8.00. The minimum Gasteiger partial charge on any atom is -0.480 e. The van der Waals surface area contributed by atoms with Crippen molar-refractivity contribution < 1.29 is 18.7 Å². The monoisotopic (exact) mass is 287 g/mol. The Balaban J connectivity index is 2.05. The molecule has 0 radical (unpaired) electrons. The maximum Gasteiger partial charge on any atom is 0.323 e. The highest BCUT2D eigenvalue weighted by Crippen LogP contribution is 2.40. The lowest BCUT2D eigenvalue weighted by atomic mass is 9.99. The summed E-state index contributed by atoms with van der Waals surface area (Å²) in [7, 11) is 1.64. The molecule has 1 aliphatic carbocycles. The quantitative estimate of drug-likeness (QED) is 0.894. The molecule has 1 aromatic carbocycles. The molecule has 1 saturated carbocycles. The lowest BCUT2D eigenvalue weighted by molar-refractivity contribution is -0.144. The van der Waals surface area contributed by atoms with E-state index in [1.54, 1.807) is 7.05 Å². The summed E-state index contributed by atoms with van der Waals surface area (Å²) in [5, 5.41) is 12.2. The number of thioether (sulfide) groups is 1.